The Labute approximate surface area is 132 Å². The lowest BCUT2D eigenvalue weighted by atomic mass is 10.1. The van der Waals surface area contributed by atoms with Gasteiger partial charge in [-0.1, -0.05) is 24.3 Å². The number of pyridine rings is 1. The summed E-state index contributed by atoms with van der Waals surface area (Å²) >= 11 is 0. The lowest BCUT2D eigenvalue weighted by Gasteiger charge is -2.03. The Hall–Kier alpha value is -3.15. The van der Waals surface area contributed by atoms with Crippen molar-refractivity contribution in [3.05, 3.63) is 60.4 Å². The number of aromatic amines is 1. The van der Waals surface area contributed by atoms with Crippen LogP contribution in [0.15, 0.2) is 54.9 Å². The van der Waals surface area contributed by atoms with Gasteiger partial charge in [0.1, 0.15) is 0 Å². The highest BCUT2D eigenvalue weighted by Crippen LogP contribution is 2.19. The largest absolute Gasteiger partial charge is 0.361 e. The first-order chi connectivity index (χ1) is 11.3. The van der Waals surface area contributed by atoms with Gasteiger partial charge < -0.3 is 4.98 Å². The molecule has 3 aromatic heterocycles. The fourth-order valence-corrected chi connectivity index (χ4v) is 2.70. The molecule has 3 heterocycles. The maximum absolute atomic E-state index is 12.2. The first kappa shape index (κ1) is 13.5. The van der Waals surface area contributed by atoms with Crippen LogP contribution in [-0.4, -0.2) is 25.5 Å². The van der Waals surface area contributed by atoms with Crippen molar-refractivity contribution in [2.24, 2.45) is 0 Å². The van der Waals surface area contributed by atoms with Crippen molar-refractivity contribution in [2.45, 2.75) is 12.8 Å². The molecule has 0 bridgehead atoms. The van der Waals surface area contributed by atoms with E-state index in [9.17, 15) is 4.79 Å². The minimum Gasteiger partial charge on any atom is -0.361 e. The number of carbonyl (C=O) groups excluding carboxylic acids is 1. The minimum atomic E-state index is -0.0755. The van der Waals surface area contributed by atoms with Gasteiger partial charge in [0.25, 0.3) is 0 Å². The van der Waals surface area contributed by atoms with E-state index >= 15 is 0 Å². The molecule has 2 N–H and O–H groups in total. The number of amides is 1. The van der Waals surface area contributed by atoms with E-state index in [-0.39, 0.29) is 5.91 Å². The molecule has 4 rings (SSSR count). The summed E-state index contributed by atoms with van der Waals surface area (Å²) in [5.41, 5.74) is 2.94. The smallest absolute Gasteiger partial charge is 0.235 e. The van der Waals surface area contributed by atoms with Gasteiger partial charge in [-0.15, -0.1) is 10.2 Å². The van der Waals surface area contributed by atoms with E-state index < -0.39 is 0 Å². The Balaban J connectivity index is 1.46. The molecule has 0 saturated carbocycles. The molecule has 0 spiro atoms. The molecule has 0 aliphatic rings. The second-order valence-electron chi connectivity index (χ2n) is 5.36. The van der Waals surface area contributed by atoms with Gasteiger partial charge in [-0.2, -0.15) is 0 Å². The molecule has 0 aliphatic heterocycles. The summed E-state index contributed by atoms with van der Waals surface area (Å²) < 4.78 is 1.75. The third kappa shape index (κ3) is 2.55. The number of hydrogen-bond donors (Lipinski definition) is 2. The van der Waals surface area contributed by atoms with Crippen LogP contribution < -0.4 is 5.32 Å². The summed E-state index contributed by atoms with van der Waals surface area (Å²) in [5, 5.41) is 12.0. The summed E-state index contributed by atoms with van der Waals surface area (Å²) in [6, 6.07) is 13.7. The molecule has 6 heteroatoms. The van der Waals surface area contributed by atoms with Gasteiger partial charge in [0.2, 0.25) is 11.9 Å². The van der Waals surface area contributed by atoms with Crippen LogP contribution in [0.5, 0.6) is 0 Å². The van der Waals surface area contributed by atoms with Crippen LogP contribution in [0.1, 0.15) is 12.0 Å². The molecule has 23 heavy (non-hydrogen) atoms. The van der Waals surface area contributed by atoms with E-state index in [0.717, 1.165) is 16.5 Å². The van der Waals surface area contributed by atoms with Crippen molar-refractivity contribution in [2.75, 3.05) is 5.32 Å². The van der Waals surface area contributed by atoms with Gasteiger partial charge >= 0.3 is 0 Å². The first-order valence-electron chi connectivity index (χ1n) is 7.46. The first-order valence-corrected chi connectivity index (χ1v) is 7.46. The van der Waals surface area contributed by atoms with Crippen LogP contribution >= 0.6 is 0 Å². The molecule has 114 valence electrons. The zero-order valence-corrected chi connectivity index (χ0v) is 12.4. The number of anilines is 1. The average Bonchev–Trinajstić information content (AvgIpc) is 3.18. The number of H-pyrrole nitrogens is 1. The van der Waals surface area contributed by atoms with E-state index in [1.54, 1.807) is 4.40 Å². The molecule has 4 aromatic rings. The van der Waals surface area contributed by atoms with E-state index in [0.29, 0.717) is 24.4 Å². The van der Waals surface area contributed by atoms with Gasteiger partial charge in [0.15, 0.2) is 5.65 Å². The van der Waals surface area contributed by atoms with Crippen molar-refractivity contribution < 1.29 is 4.79 Å². The molecule has 1 amide bonds. The maximum atomic E-state index is 12.2. The van der Waals surface area contributed by atoms with Gasteiger partial charge in [-0.25, -0.2) is 0 Å². The van der Waals surface area contributed by atoms with Crippen molar-refractivity contribution >= 4 is 28.4 Å². The standard InChI is InChI=1S/C17H15N5O/c23-16(19-17-21-20-15-7-3-4-10-22(15)17)9-8-12-11-18-14-6-2-1-5-13(12)14/h1-7,10-11,18H,8-9H2,(H,19,21,23). The maximum Gasteiger partial charge on any atom is 0.235 e. The summed E-state index contributed by atoms with van der Waals surface area (Å²) in [6.45, 7) is 0. The van der Waals surface area contributed by atoms with Gasteiger partial charge in [0.05, 0.1) is 0 Å². The van der Waals surface area contributed by atoms with Crippen LogP contribution in [0.2, 0.25) is 0 Å². The molecule has 0 aliphatic carbocycles. The van der Waals surface area contributed by atoms with Crippen LogP contribution in [-0.2, 0) is 11.2 Å². The van der Waals surface area contributed by atoms with Crippen molar-refractivity contribution in [1.82, 2.24) is 19.6 Å². The topological polar surface area (TPSA) is 75.1 Å². The van der Waals surface area contributed by atoms with Crippen LogP contribution in [0, 0.1) is 0 Å². The molecule has 1 aromatic carbocycles. The molecular formula is C17H15N5O. The fraction of sp³-hybridized carbons (Fsp3) is 0.118. The van der Waals surface area contributed by atoms with E-state index in [1.807, 2.05) is 48.8 Å². The van der Waals surface area contributed by atoms with Gasteiger partial charge in [0, 0.05) is 29.7 Å². The van der Waals surface area contributed by atoms with Gasteiger partial charge in [-0.05, 0) is 30.2 Å². The highest BCUT2D eigenvalue weighted by Gasteiger charge is 2.10. The second-order valence-corrected chi connectivity index (χ2v) is 5.36. The predicted octanol–water partition coefficient (Wildman–Crippen LogP) is 2.78. The number of hydrogen-bond acceptors (Lipinski definition) is 3. The van der Waals surface area contributed by atoms with Crippen LogP contribution in [0.3, 0.4) is 0 Å². The molecule has 0 atom stereocenters. The summed E-state index contributed by atoms with van der Waals surface area (Å²) in [6.07, 6.45) is 4.85. The highest BCUT2D eigenvalue weighted by molar-refractivity contribution is 5.90. The fourth-order valence-electron chi connectivity index (χ4n) is 2.70. The number of aromatic nitrogens is 4. The lowest BCUT2D eigenvalue weighted by molar-refractivity contribution is -0.116. The average molecular weight is 305 g/mol. The molecular weight excluding hydrogens is 290 g/mol. The molecule has 0 fully saturated rings. The number of para-hydroxylation sites is 1. The number of benzene rings is 1. The Morgan fingerprint density at radius 1 is 1.13 bits per heavy atom. The summed E-state index contributed by atoms with van der Waals surface area (Å²) in [4.78, 5) is 15.4. The van der Waals surface area contributed by atoms with Crippen molar-refractivity contribution in [1.29, 1.82) is 0 Å². The molecule has 0 unspecified atom stereocenters. The second kappa shape index (κ2) is 5.57. The quantitative estimate of drug-likeness (QED) is 0.609. The SMILES string of the molecule is O=C(CCc1c[nH]c2ccccc12)Nc1nnc2ccccn12. The predicted molar refractivity (Wildman–Crippen MR) is 88.2 cm³/mol. The number of nitrogens with zero attached hydrogens (tertiary/aromatic N) is 3. The number of rotatable bonds is 4. The number of fused-ring (bicyclic) bond motifs is 2. The molecule has 0 radical (unpaired) electrons. The number of aryl methyl sites for hydroxylation is 1. The van der Waals surface area contributed by atoms with Gasteiger partial charge in [-0.3, -0.25) is 14.5 Å². The molecule has 6 nitrogen and oxygen atoms in total. The third-order valence-electron chi connectivity index (χ3n) is 3.86. The van der Waals surface area contributed by atoms with Crippen molar-refractivity contribution in [3.8, 4) is 0 Å². The highest BCUT2D eigenvalue weighted by atomic mass is 16.1. The normalized spacial score (nSPS) is 11.1. The zero-order valence-electron chi connectivity index (χ0n) is 12.4. The van der Waals surface area contributed by atoms with Crippen LogP contribution in [0.4, 0.5) is 5.95 Å². The van der Waals surface area contributed by atoms with Crippen LogP contribution in [0.25, 0.3) is 16.6 Å². The monoisotopic (exact) mass is 305 g/mol. The van der Waals surface area contributed by atoms with E-state index in [2.05, 4.69) is 26.6 Å². The number of carbonyl (C=O) groups is 1. The number of nitrogens with one attached hydrogen (secondary N) is 2. The van der Waals surface area contributed by atoms with Crippen molar-refractivity contribution in [3.63, 3.8) is 0 Å². The van der Waals surface area contributed by atoms with E-state index in [4.69, 9.17) is 0 Å². The summed E-state index contributed by atoms with van der Waals surface area (Å²) in [7, 11) is 0. The Kier molecular flexibility index (Phi) is 3.27. The third-order valence-corrected chi connectivity index (χ3v) is 3.86. The Bertz CT molecular complexity index is 985. The summed E-state index contributed by atoms with van der Waals surface area (Å²) in [5.74, 6) is 0.373. The Morgan fingerprint density at radius 2 is 2.00 bits per heavy atom. The Morgan fingerprint density at radius 3 is 2.96 bits per heavy atom. The minimum absolute atomic E-state index is 0.0755. The zero-order chi connectivity index (χ0) is 15.6. The van der Waals surface area contributed by atoms with E-state index in [1.165, 1.54) is 0 Å². The molecule has 0 saturated heterocycles. The lowest BCUT2D eigenvalue weighted by Crippen LogP contribution is -2.14.